The van der Waals surface area contributed by atoms with Crippen molar-refractivity contribution in [3.05, 3.63) is 121 Å². The predicted molar refractivity (Wildman–Crippen MR) is 166 cm³/mol. The van der Waals surface area contributed by atoms with Crippen LogP contribution in [-0.2, 0) is 0 Å². The summed E-state index contributed by atoms with van der Waals surface area (Å²) < 4.78 is 0. The highest BCUT2D eigenvalue weighted by Crippen LogP contribution is 2.49. The van der Waals surface area contributed by atoms with Crippen LogP contribution in [-0.4, -0.2) is 0 Å². The van der Waals surface area contributed by atoms with Crippen LogP contribution in [0.15, 0.2) is 121 Å². The van der Waals surface area contributed by atoms with E-state index in [-0.39, 0.29) is 0 Å². The molecular formula is C38H20. The van der Waals surface area contributed by atoms with Gasteiger partial charge in [-0.3, -0.25) is 0 Å². The van der Waals surface area contributed by atoms with Crippen molar-refractivity contribution in [3.63, 3.8) is 0 Å². The molecule has 10 aromatic rings. The lowest BCUT2D eigenvalue weighted by Crippen LogP contribution is -1.82. The Bertz CT molecular complexity index is 2600. The van der Waals surface area contributed by atoms with E-state index >= 15 is 0 Å². The van der Waals surface area contributed by atoms with E-state index in [0.717, 1.165) is 0 Å². The highest BCUT2D eigenvalue weighted by Gasteiger charge is 2.20. The smallest absolute Gasteiger partial charge is 0.00197 e. The van der Waals surface area contributed by atoms with Crippen molar-refractivity contribution in [1.82, 2.24) is 0 Å². The van der Waals surface area contributed by atoms with Gasteiger partial charge in [0.1, 0.15) is 0 Å². The fourth-order valence-corrected chi connectivity index (χ4v) is 7.58. The Morgan fingerprint density at radius 3 is 1.26 bits per heavy atom. The molecule has 0 amide bonds. The maximum Gasteiger partial charge on any atom is -0.00197 e. The standard InChI is InChI=1S/C38H20/c1-3-9-23-21(7-1)16-18-29-33-19-31-26-12-5-11-25-28-17-15-22-8-2-4-10-24(22)36(28)34(37(25)26)20-32(31)27-13-6-14-30(35(23)29)38(27)33/h1-20H. The molecule has 0 spiro atoms. The van der Waals surface area contributed by atoms with E-state index in [1.54, 1.807) is 0 Å². The average Bonchev–Trinajstić information content (AvgIpc) is 3.48. The molecule has 0 aliphatic carbocycles. The molecule has 10 aromatic carbocycles. The van der Waals surface area contributed by atoms with Gasteiger partial charge in [-0.15, -0.1) is 0 Å². The lowest BCUT2D eigenvalue weighted by molar-refractivity contribution is 1.81. The second-order valence-corrected chi connectivity index (χ2v) is 10.8. The predicted octanol–water partition coefficient (Wildman–Crippen LogP) is 10.9. The largest absolute Gasteiger partial charge is 0.0616 e. The van der Waals surface area contributed by atoms with Crippen LogP contribution in [0.1, 0.15) is 0 Å². The molecule has 38 heavy (non-hydrogen) atoms. The first-order valence-electron chi connectivity index (χ1n) is 13.4. The molecule has 0 saturated carbocycles. The van der Waals surface area contributed by atoms with E-state index < -0.39 is 0 Å². The first-order chi connectivity index (χ1) is 18.9. The zero-order valence-electron chi connectivity index (χ0n) is 20.5. The minimum Gasteiger partial charge on any atom is -0.0616 e. The summed E-state index contributed by atoms with van der Waals surface area (Å²) in [5.41, 5.74) is 0. The number of fused-ring (bicyclic) bond motifs is 13. The lowest BCUT2D eigenvalue weighted by atomic mass is 9.93. The van der Waals surface area contributed by atoms with Gasteiger partial charge in [0, 0.05) is 0 Å². The molecular weight excluding hydrogens is 456 g/mol. The molecule has 0 unspecified atom stereocenters. The fraction of sp³-hybridized carbons (Fsp3) is 0. The number of rotatable bonds is 0. The molecule has 0 nitrogen and oxygen atoms in total. The van der Waals surface area contributed by atoms with Crippen molar-refractivity contribution in [2.45, 2.75) is 0 Å². The van der Waals surface area contributed by atoms with Gasteiger partial charge in [-0.25, -0.2) is 0 Å². The zero-order chi connectivity index (χ0) is 24.5. The minimum atomic E-state index is 1.30. The third-order valence-electron chi connectivity index (χ3n) is 9.09. The molecule has 0 heteroatoms. The highest BCUT2D eigenvalue weighted by atomic mass is 14.2. The van der Waals surface area contributed by atoms with Crippen LogP contribution in [0.4, 0.5) is 0 Å². The Morgan fingerprint density at radius 1 is 0.211 bits per heavy atom. The number of hydrogen-bond donors (Lipinski definition) is 0. The maximum absolute atomic E-state index is 2.49. The topological polar surface area (TPSA) is 0 Å². The molecule has 0 aliphatic heterocycles. The maximum atomic E-state index is 2.49. The van der Waals surface area contributed by atoms with Crippen molar-refractivity contribution >= 4 is 97.0 Å². The van der Waals surface area contributed by atoms with Crippen molar-refractivity contribution in [2.75, 3.05) is 0 Å². The monoisotopic (exact) mass is 476 g/mol. The van der Waals surface area contributed by atoms with E-state index in [0.29, 0.717) is 0 Å². The quantitative estimate of drug-likeness (QED) is 0.191. The van der Waals surface area contributed by atoms with Crippen molar-refractivity contribution in [3.8, 4) is 0 Å². The summed E-state index contributed by atoms with van der Waals surface area (Å²) in [6.07, 6.45) is 0. The molecule has 0 aliphatic rings. The third-order valence-corrected chi connectivity index (χ3v) is 9.09. The Morgan fingerprint density at radius 2 is 0.605 bits per heavy atom. The van der Waals surface area contributed by atoms with Gasteiger partial charge in [-0.05, 0) is 109 Å². The molecule has 0 atom stereocenters. The minimum absolute atomic E-state index is 1.30. The summed E-state index contributed by atoms with van der Waals surface area (Å²) in [4.78, 5) is 0. The third kappa shape index (κ3) is 2.12. The SMILES string of the molecule is c1ccc2c(c1)ccc1c3cc4c(cc5c6c7ccccc7ccc6c6cccc4c65)c4cccc(c21)c43. The lowest BCUT2D eigenvalue weighted by Gasteiger charge is -2.10. The normalized spacial score (nSPS) is 12.7. The van der Waals surface area contributed by atoms with Gasteiger partial charge >= 0.3 is 0 Å². The van der Waals surface area contributed by atoms with Crippen molar-refractivity contribution < 1.29 is 0 Å². The van der Waals surface area contributed by atoms with Crippen LogP contribution in [0.5, 0.6) is 0 Å². The Kier molecular flexibility index (Phi) is 3.28. The van der Waals surface area contributed by atoms with Gasteiger partial charge in [0.25, 0.3) is 0 Å². The molecule has 0 aromatic heterocycles. The van der Waals surface area contributed by atoms with Crippen LogP contribution in [0, 0.1) is 0 Å². The van der Waals surface area contributed by atoms with Gasteiger partial charge in [-0.2, -0.15) is 0 Å². The van der Waals surface area contributed by atoms with E-state index in [1.165, 1.54) is 97.0 Å². The van der Waals surface area contributed by atoms with Gasteiger partial charge < -0.3 is 0 Å². The number of hydrogen-bond acceptors (Lipinski definition) is 0. The van der Waals surface area contributed by atoms with Crippen LogP contribution in [0.2, 0.25) is 0 Å². The summed E-state index contributed by atoms with van der Waals surface area (Å²) in [6, 6.07) is 45.6. The molecule has 172 valence electrons. The second kappa shape index (κ2) is 6.49. The summed E-state index contributed by atoms with van der Waals surface area (Å²) in [5.74, 6) is 0. The van der Waals surface area contributed by atoms with Crippen LogP contribution < -0.4 is 0 Å². The van der Waals surface area contributed by atoms with E-state index in [9.17, 15) is 0 Å². The van der Waals surface area contributed by atoms with Crippen molar-refractivity contribution in [2.24, 2.45) is 0 Å². The molecule has 0 N–H and O–H groups in total. The Hall–Kier alpha value is -4.94. The van der Waals surface area contributed by atoms with Crippen LogP contribution in [0.25, 0.3) is 97.0 Å². The second-order valence-electron chi connectivity index (χ2n) is 10.8. The van der Waals surface area contributed by atoms with Crippen LogP contribution in [0.3, 0.4) is 0 Å². The van der Waals surface area contributed by atoms with E-state index in [4.69, 9.17) is 0 Å². The van der Waals surface area contributed by atoms with Gasteiger partial charge in [0.05, 0.1) is 0 Å². The number of benzene rings is 8. The molecule has 10 rings (SSSR count). The van der Waals surface area contributed by atoms with E-state index in [1.807, 2.05) is 0 Å². The van der Waals surface area contributed by atoms with Crippen molar-refractivity contribution in [1.29, 1.82) is 0 Å². The molecule has 0 heterocycles. The fourth-order valence-electron chi connectivity index (χ4n) is 7.58. The van der Waals surface area contributed by atoms with Gasteiger partial charge in [0.2, 0.25) is 0 Å². The Balaban J connectivity index is 1.52. The van der Waals surface area contributed by atoms with Gasteiger partial charge in [-0.1, -0.05) is 109 Å². The molecule has 0 fully saturated rings. The molecule has 0 radical (unpaired) electrons. The van der Waals surface area contributed by atoms with Gasteiger partial charge in [0.15, 0.2) is 0 Å². The van der Waals surface area contributed by atoms with E-state index in [2.05, 4.69) is 121 Å². The first-order valence-corrected chi connectivity index (χ1v) is 13.4. The molecule has 0 bridgehead atoms. The summed E-state index contributed by atoms with van der Waals surface area (Å²) in [6.45, 7) is 0. The molecule has 0 saturated heterocycles. The summed E-state index contributed by atoms with van der Waals surface area (Å²) in [5, 5.41) is 24.4. The summed E-state index contributed by atoms with van der Waals surface area (Å²) in [7, 11) is 0. The average molecular weight is 477 g/mol. The zero-order valence-corrected chi connectivity index (χ0v) is 20.5. The Labute approximate surface area is 218 Å². The highest BCUT2D eigenvalue weighted by molar-refractivity contribution is 6.44. The first kappa shape index (κ1) is 19.2. The van der Waals surface area contributed by atoms with Crippen LogP contribution >= 0.6 is 0 Å². The summed E-state index contributed by atoms with van der Waals surface area (Å²) >= 11 is 0.